The van der Waals surface area contributed by atoms with E-state index in [0.717, 1.165) is 11.8 Å². The van der Waals surface area contributed by atoms with E-state index in [2.05, 4.69) is 0 Å². The Labute approximate surface area is 230 Å². The van der Waals surface area contributed by atoms with Crippen molar-refractivity contribution in [1.82, 2.24) is 0 Å². The highest BCUT2D eigenvalue weighted by Gasteiger charge is 2.42. The maximum Gasteiger partial charge on any atom is 0.490 e. The maximum absolute atomic E-state index is 12.4. The monoisotopic (exact) mass is 590 g/mol. The van der Waals surface area contributed by atoms with E-state index in [-0.39, 0.29) is 12.2 Å². The molecule has 0 bridgehead atoms. The number of alkyl halides is 3. The number of nitrogens with two attached hydrogens (primary N) is 1. The van der Waals surface area contributed by atoms with Crippen molar-refractivity contribution in [2.45, 2.75) is 50.8 Å². The Kier molecular flexibility index (Phi) is 11.5. The quantitative estimate of drug-likeness (QED) is 0.397. The molecule has 3 N–H and O–H groups in total. The molecule has 2 atom stereocenters. The van der Waals surface area contributed by atoms with Crippen LogP contribution in [0, 0.1) is 0 Å². The molecule has 2 unspecified atom stereocenters. The average molecular weight is 591 g/mol. The molecule has 40 heavy (non-hydrogen) atoms. The summed E-state index contributed by atoms with van der Waals surface area (Å²) in [6.07, 6.45) is -2.71. The Morgan fingerprint density at radius 1 is 1.18 bits per heavy atom. The molecule has 10 nitrogen and oxygen atoms in total. The number of halogens is 3. The van der Waals surface area contributed by atoms with Crippen LogP contribution in [0.15, 0.2) is 48.5 Å². The summed E-state index contributed by atoms with van der Waals surface area (Å²) in [5, 5.41) is 7.12. The van der Waals surface area contributed by atoms with Crippen molar-refractivity contribution in [3.63, 3.8) is 0 Å². The van der Waals surface area contributed by atoms with Crippen molar-refractivity contribution in [3.8, 4) is 0 Å². The van der Waals surface area contributed by atoms with Crippen LogP contribution in [0.2, 0.25) is 0 Å². The number of ether oxygens (including phenoxy) is 3. The molecule has 0 aliphatic carbocycles. The lowest BCUT2D eigenvalue weighted by molar-refractivity contribution is -0.192. The zero-order valence-corrected chi connectivity index (χ0v) is 23.1. The van der Waals surface area contributed by atoms with Crippen LogP contribution in [-0.4, -0.2) is 70.0 Å². The molecule has 0 aromatic heterocycles. The van der Waals surface area contributed by atoms with E-state index in [9.17, 15) is 26.4 Å². The lowest BCUT2D eigenvalue weighted by atomic mass is 9.90. The van der Waals surface area contributed by atoms with Gasteiger partial charge in [-0.05, 0) is 48.6 Å². The Balaban J connectivity index is 0.000000708. The first kappa shape index (κ1) is 33.0. The number of methoxy groups -OCH3 is 1. The topological polar surface area (TPSA) is 145 Å². The van der Waals surface area contributed by atoms with E-state index in [4.69, 9.17) is 29.8 Å². The SMILES string of the molecule is CCCN(c1cc(COC2OCCC2(N)Cc2ccccc2)cc(C(=O)OC)c1)S(C)(=O)=O.O=C(O)C(F)(F)F. The Morgan fingerprint density at radius 3 is 2.33 bits per heavy atom. The number of anilines is 1. The van der Waals surface area contributed by atoms with Gasteiger partial charge in [-0.25, -0.2) is 18.0 Å². The number of carboxylic acids is 1. The molecule has 2 aromatic carbocycles. The Morgan fingerprint density at radius 2 is 1.80 bits per heavy atom. The molecule has 0 amide bonds. The molecule has 222 valence electrons. The summed E-state index contributed by atoms with van der Waals surface area (Å²) in [4.78, 5) is 21.1. The molecule has 1 saturated heterocycles. The molecule has 14 heteroatoms. The van der Waals surface area contributed by atoms with Gasteiger partial charge in [0.1, 0.15) is 0 Å². The summed E-state index contributed by atoms with van der Waals surface area (Å²) in [6.45, 7) is 2.76. The first-order valence-electron chi connectivity index (χ1n) is 12.2. The number of carbonyl (C=O) groups excluding carboxylic acids is 1. The van der Waals surface area contributed by atoms with Crippen molar-refractivity contribution in [2.24, 2.45) is 5.73 Å². The fourth-order valence-electron chi connectivity index (χ4n) is 4.00. The largest absolute Gasteiger partial charge is 0.490 e. The lowest BCUT2D eigenvalue weighted by Crippen LogP contribution is -2.50. The molecule has 1 heterocycles. The number of carbonyl (C=O) groups is 2. The molecule has 3 rings (SSSR count). The van der Waals surface area contributed by atoms with Gasteiger partial charge < -0.3 is 25.1 Å². The number of sulfonamides is 1. The number of hydrogen-bond acceptors (Lipinski definition) is 8. The molecular formula is C26H33F3N2O8S. The first-order chi connectivity index (χ1) is 18.6. The normalized spacial score (nSPS) is 18.9. The summed E-state index contributed by atoms with van der Waals surface area (Å²) >= 11 is 0. The zero-order chi connectivity index (χ0) is 30.1. The molecule has 0 saturated carbocycles. The standard InChI is InChI=1S/C24H32N2O6S.C2HF3O2/c1-4-11-26(33(3,28)29)21-14-19(13-20(15-21)22(27)30-2)17-32-23-24(25,10-12-31-23)16-18-8-6-5-7-9-18;3-2(4,5)1(6)7/h5-9,13-15,23H,4,10-12,16-17,25H2,1-3H3;(H,6,7). The van der Waals surface area contributed by atoms with Crippen LogP contribution in [0.4, 0.5) is 18.9 Å². The summed E-state index contributed by atoms with van der Waals surface area (Å²) in [7, 11) is -2.25. The van der Waals surface area contributed by atoms with Gasteiger partial charge in [0, 0.05) is 6.54 Å². The average Bonchev–Trinajstić information content (AvgIpc) is 3.24. The van der Waals surface area contributed by atoms with Gasteiger partial charge in [-0.3, -0.25) is 4.31 Å². The van der Waals surface area contributed by atoms with Gasteiger partial charge in [0.05, 0.1) is 43.4 Å². The molecule has 2 aromatic rings. The van der Waals surface area contributed by atoms with Gasteiger partial charge in [0.25, 0.3) is 0 Å². The third kappa shape index (κ3) is 9.47. The number of esters is 1. The summed E-state index contributed by atoms with van der Waals surface area (Å²) in [5.74, 6) is -3.31. The first-order valence-corrected chi connectivity index (χ1v) is 14.0. The highest BCUT2D eigenvalue weighted by atomic mass is 32.2. The van der Waals surface area contributed by atoms with Crippen molar-refractivity contribution in [2.75, 3.05) is 30.8 Å². The van der Waals surface area contributed by atoms with Crippen molar-refractivity contribution < 1.29 is 50.5 Å². The van der Waals surface area contributed by atoms with Gasteiger partial charge in [-0.15, -0.1) is 0 Å². The molecule has 0 spiro atoms. The third-order valence-electron chi connectivity index (χ3n) is 5.84. The highest BCUT2D eigenvalue weighted by molar-refractivity contribution is 7.92. The van der Waals surface area contributed by atoms with E-state index >= 15 is 0 Å². The number of rotatable bonds is 10. The molecular weight excluding hydrogens is 557 g/mol. The van der Waals surface area contributed by atoms with Crippen LogP contribution in [0.1, 0.15) is 41.3 Å². The molecule has 1 fully saturated rings. The highest BCUT2D eigenvalue weighted by Crippen LogP contribution is 2.30. The number of carboxylic acid groups (broad SMARTS) is 1. The molecule has 0 radical (unpaired) electrons. The van der Waals surface area contributed by atoms with Crippen LogP contribution in [-0.2, 0) is 42.1 Å². The second kappa shape index (κ2) is 13.9. The molecule has 1 aliphatic heterocycles. The van der Waals surface area contributed by atoms with Crippen molar-refractivity contribution >= 4 is 27.6 Å². The van der Waals surface area contributed by atoms with E-state index in [1.807, 2.05) is 37.3 Å². The van der Waals surface area contributed by atoms with Gasteiger partial charge in [-0.1, -0.05) is 37.3 Å². The van der Waals surface area contributed by atoms with Gasteiger partial charge in [-0.2, -0.15) is 13.2 Å². The van der Waals surface area contributed by atoms with E-state index < -0.39 is 40.0 Å². The van der Waals surface area contributed by atoms with E-state index in [1.54, 1.807) is 12.1 Å². The van der Waals surface area contributed by atoms with Crippen molar-refractivity contribution in [3.05, 3.63) is 65.2 Å². The third-order valence-corrected chi connectivity index (χ3v) is 7.03. The van der Waals surface area contributed by atoms with E-state index in [0.29, 0.717) is 43.7 Å². The maximum atomic E-state index is 12.4. The number of benzene rings is 2. The lowest BCUT2D eigenvalue weighted by Gasteiger charge is -2.30. The number of hydrogen-bond donors (Lipinski definition) is 2. The fourth-order valence-corrected chi connectivity index (χ4v) is 5.00. The van der Waals surface area contributed by atoms with Crippen LogP contribution in [0.3, 0.4) is 0 Å². The van der Waals surface area contributed by atoms with Crippen molar-refractivity contribution in [1.29, 1.82) is 0 Å². The van der Waals surface area contributed by atoms with Crippen LogP contribution < -0.4 is 10.0 Å². The summed E-state index contributed by atoms with van der Waals surface area (Å²) in [5.41, 5.74) is 8.32. The van der Waals surface area contributed by atoms with Gasteiger partial charge >= 0.3 is 18.1 Å². The Hall–Kier alpha value is -3.20. The summed E-state index contributed by atoms with van der Waals surface area (Å²) < 4.78 is 74.4. The zero-order valence-electron chi connectivity index (χ0n) is 22.3. The van der Waals surface area contributed by atoms with Crippen LogP contribution in [0.5, 0.6) is 0 Å². The predicted octanol–water partition coefficient (Wildman–Crippen LogP) is 3.49. The second-order valence-electron chi connectivity index (χ2n) is 9.18. The van der Waals surface area contributed by atoms with Crippen LogP contribution >= 0.6 is 0 Å². The van der Waals surface area contributed by atoms with Gasteiger partial charge in [0.15, 0.2) is 6.29 Å². The van der Waals surface area contributed by atoms with Gasteiger partial charge in [0.2, 0.25) is 10.0 Å². The smallest absolute Gasteiger partial charge is 0.475 e. The summed E-state index contributed by atoms with van der Waals surface area (Å²) in [6, 6.07) is 14.8. The van der Waals surface area contributed by atoms with E-state index in [1.165, 1.54) is 17.5 Å². The predicted molar refractivity (Wildman–Crippen MR) is 140 cm³/mol. The Bertz CT molecular complexity index is 1260. The van der Waals surface area contributed by atoms with Crippen LogP contribution in [0.25, 0.3) is 0 Å². The molecule has 1 aliphatic rings. The minimum atomic E-state index is -5.08. The fraction of sp³-hybridized carbons (Fsp3) is 0.462. The minimum Gasteiger partial charge on any atom is -0.475 e. The second-order valence-corrected chi connectivity index (χ2v) is 11.1. The number of aliphatic carboxylic acids is 1. The minimum absolute atomic E-state index is 0.0972. The number of nitrogens with zero attached hydrogens (tertiary/aromatic N) is 1.